The van der Waals surface area contributed by atoms with E-state index < -0.39 is 14.2 Å². The maximum Gasteiger partial charge on any atom is 0.200 e. The van der Waals surface area contributed by atoms with Crippen LogP contribution in [0, 0.1) is 0 Å². The normalized spacial score (nSPS) is 13.4. The van der Waals surface area contributed by atoms with E-state index in [0.29, 0.717) is 5.56 Å². The van der Waals surface area contributed by atoms with Gasteiger partial charge in [-0.15, -0.1) is 0 Å². The van der Waals surface area contributed by atoms with Crippen LogP contribution in [0.25, 0.3) is 0 Å². The third kappa shape index (κ3) is 2.51. The van der Waals surface area contributed by atoms with Gasteiger partial charge in [0.05, 0.1) is 0 Å². The topological polar surface area (TPSA) is 60.7 Å². The van der Waals surface area contributed by atoms with Crippen molar-refractivity contribution in [3.8, 4) is 0 Å². The molecule has 0 saturated carbocycles. The first-order valence-electron chi connectivity index (χ1n) is 3.22. The van der Waals surface area contributed by atoms with E-state index in [-0.39, 0.29) is 0 Å². The molecule has 0 radical (unpaired) electrons. The third-order valence-corrected chi connectivity index (χ3v) is 2.59. The van der Waals surface area contributed by atoms with Crippen LogP contribution in [0.2, 0.25) is 0 Å². The van der Waals surface area contributed by atoms with Crippen LogP contribution >= 0.6 is 24.3 Å². The fraction of sp³-hybridized carbons (Fsp3) is 0.143. The summed E-state index contributed by atoms with van der Waals surface area (Å²) in [5.74, 6) is -1.18. The van der Waals surface area contributed by atoms with Gasteiger partial charge in [-0.05, 0) is 17.7 Å². The molecule has 66 valence electrons. The van der Waals surface area contributed by atoms with Gasteiger partial charge in [0.2, 0.25) is 8.38 Å². The lowest BCUT2D eigenvalue weighted by molar-refractivity contribution is 0.233. The van der Waals surface area contributed by atoms with Gasteiger partial charge in [0.25, 0.3) is 0 Å². The molecule has 1 rings (SSSR count). The van der Waals surface area contributed by atoms with Crippen molar-refractivity contribution in [2.24, 2.45) is 0 Å². The third-order valence-electron chi connectivity index (χ3n) is 1.37. The minimum Gasteiger partial charge on any atom is -0.379 e. The summed E-state index contributed by atoms with van der Waals surface area (Å²) in [5.41, 5.74) is 0.500. The van der Waals surface area contributed by atoms with E-state index in [9.17, 15) is 5.11 Å². The van der Waals surface area contributed by atoms with Crippen molar-refractivity contribution >= 4 is 24.3 Å². The molecule has 3 nitrogen and oxygen atoms in total. The second-order valence-electron chi connectivity index (χ2n) is 2.25. The fourth-order valence-electron chi connectivity index (χ4n) is 0.801. The Morgan fingerprint density at radius 1 is 1.33 bits per heavy atom. The summed E-state index contributed by atoms with van der Waals surface area (Å²) in [6.07, 6.45) is 0. The molecule has 1 aromatic rings. The van der Waals surface area contributed by atoms with E-state index in [2.05, 4.69) is 15.9 Å². The molecule has 12 heavy (non-hydrogen) atoms. The van der Waals surface area contributed by atoms with Crippen LogP contribution < -0.4 is 0 Å². The highest BCUT2D eigenvalue weighted by Gasteiger charge is 2.15. The van der Waals surface area contributed by atoms with Gasteiger partial charge < -0.3 is 14.9 Å². The summed E-state index contributed by atoms with van der Waals surface area (Å²) >= 11 is 3.21. The molecule has 0 heterocycles. The zero-order chi connectivity index (χ0) is 9.14. The van der Waals surface area contributed by atoms with Crippen LogP contribution in [0.1, 0.15) is 11.4 Å². The highest BCUT2D eigenvalue weighted by atomic mass is 79.9. The van der Waals surface area contributed by atoms with E-state index in [1.54, 1.807) is 24.3 Å². The molecule has 0 aliphatic heterocycles. The molecular weight excluding hydrogens is 243 g/mol. The van der Waals surface area contributed by atoms with E-state index >= 15 is 0 Å². The predicted octanol–water partition coefficient (Wildman–Crippen LogP) is 1.74. The van der Waals surface area contributed by atoms with Gasteiger partial charge in [0, 0.05) is 4.47 Å². The second-order valence-corrected chi connectivity index (χ2v) is 4.29. The van der Waals surface area contributed by atoms with Crippen molar-refractivity contribution in [1.29, 1.82) is 0 Å². The average Bonchev–Trinajstić information content (AvgIpc) is 2.03. The lowest BCUT2D eigenvalue weighted by Gasteiger charge is -2.11. The van der Waals surface area contributed by atoms with Gasteiger partial charge in [-0.25, -0.2) is 0 Å². The Hall–Kier alpha value is 0.01000. The maximum absolute atomic E-state index is 9.23. The largest absolute Gasteiger partial charge is 0.379 e. The number of hydrogen-bond acceptors (Lipinski definition) is 3. The Balaban J connectivity index is 2.88. The number of benzene rings is 1. The van der Waals surface area contributed by atoms with E-state index in [4.69, 9.17) is 9.79 Å². The molecule has 1 unspecified atom stereocenters. The summed E-state index contributed by atoms with van der Waals surface area (Å²) < 4.78 is 0.802. The Morgan fingerprint density at radius 2 is 2.00 bits per heavy atom. The van der Waals surface area contributed by atoms with Gasteiger partial charge >= 0.3 is 0 Å². The summed E-state index contributed by atoms with van der Waals surface area (Å²) in [7, 11) is -2.32. The first-order chi connectivity index (χ1) is 5.61. The molecule has 0 saturated heterocycles. The molecule has 0 aliphatic carbocycles. The monoisotopic (exact) mass is 250 g/mol. The van der Waals surface area contributed by atoms with E-state index in [1.807, 2.05) is 0 Å². The molecule has 0 amide bonds. The number of hydrogen-bond donors (Lipinski definition) is 3. The molecule has 5 heteroatoms. The first kappa shape index (κ1) is 10.1. The summed E-state index contributed by atoms with van der Waals surface area (Å²) in [5, 5.41) is 9.23. The fourth-order valence-corrected chi connectivity index (χ4v) is 1.64. The molecule has 3 N–H and O–H groups in total. The van der Waals surface area contributed by atoms with Gasteiger partial charge in [-0.3, -0.25) is 0 Å². The van der Waals surface area contributed by atoms with Crippen LogP contribution in [-0.4, -0.2) is 14.9 Å². The maximum atomic E-state index is 9.23. The molecule has 0 aliphatic rings. The van der Waals surface area contributed by atoms with Gasteiger partial charge in [0.1, 0.15) is 5.85 Å². The highest BCUT2D eigenvalue weighted by Crippen LogP contribution is 2.41. The Morgan fingerprint density at radius 3 is 2.50 bits per heavy atom. The van der Waals surface area contributed by atoms with E-state index in [0.717, 1.165) is 4.47 Å². The highest BCUT2D eigenvalue weighted by molar-refractivity contribution is 9.10. The van der Waals surface area contributed by atoms with Crippen LogP contribution in [0.5, 0.6) is 0 Å². The molecule has 0 bridgehead atoms. The van der Waals surface area contributed by atoms with Crippen molar-refractivity contribution in [3.63, 3.8) is 0 Å². The molecule has 1 atom stereocenters. The quantitative estimate of drug-likeness (QED) is 0.701. The minimum atomic E-state index is -2.32. The number of rotatable bonds is 2. The van der Waals surface area contributed by atoms with Crippen LogP contribution in [0.15, 0.2) is 28.7 Å². The van der Waals surface area contributed by atoms with Crippen molar-refractivity contribution < 1.29 is 14.9 Å². The lowest BCUT2D eigenvalue weighted by Crippen LogP contribution is -1.93. The van der Waals surface area contributed by atoms with Crippen LogP contribution in [0.4, 0.5) is 0 Å². The Bertz CT molecular complexity index is 267. The molecular formula is C7H8BrO3P. The first-order valence-corrected chi connectivity index (χ1v) is 5.32. The number of aliphatic hydroxyl groups excluding tert-OH is 1. The molecule has 0 fully saturated rings. The van der Waals surface area contributed by atoms with E-state index in [1.165, 1.54) is 0 Å². The summed E-state index contributed by atoms with van der Waals surface area (Å²) in [6, 6.07) is 6.80. The average molecular weight is 251 g/mol. The Kier molecular flexibility index (Phi) is 3.62. The van der Waals surface area contributed by atoms with Crippen molar-refractivity contribution in [2.45, 2.75) is 5.85 Å². The van der Waals surface area contributed by atoms with Crippen molar-refractivity contribution in [3.05, 3.63) is 34.3 Å². The second kappa shape index (κ2) is 4.30. The van der Waals surface area contributed by atoms with Gasteiger partial charge in [-0.2, -0.15) is 0 Å². The lowest BCUT2D eigenvalue weighted by atomic mass is 10.2. The zero-order valence-electron chi connectivity index (χ0n) is 6.05. The number of halogens is 1. The summed E-state index contributed by atoms with van der Waals surface area (Å²) in [6.45, 7) is 0. The molecule has 1 aromatic carbocycles. The zero-order valence-corrected chi connectivity index (χ0v) is 8.53. The van der Waals surface area contributed by atoms with Gasteiger partial charge in [0.15, 0.2) is 0 Å². The van der Waals surface area contributed by atoms with Crippen molar-refractivity contribution in [1.82, 2.24) is 0 Å². The summed E-state index contributed by atoms with van der Waals surface area (Å²) in [4.78, 5) is 17.4. The molecule has 0 aromatic heterocycles. The van der Waals surface area contributed by atoms with Crippen LogP contribution in [-0.2, 0) is 0 Å². The molecule has 0 spiro atoms. The SMILES string of the molecule is OC(c1cccc(Br)c1)P(O)O. The predicted molar refractivity (Wildman–Crippen MR) is 50.5 cm³/mol. The van der Waals surface area contributed by atoms with Gasteiger partial charge in [-0.1, -0.05) is 28.1 Å². The Labute approximate surface area is 79.7 Å². The number of aliphatic hydroxyl groups is 1. The standard InChI is InChI=1S/C7H8BrO3P/c8-6-3-1-2-5(4-6)7(9)12(10)11/h1-4,7,9-11H. The minimum absolute atomic E-state index is 0.500. The smallest absolute Gasteiger partial charge is 0.200 e. The van der Waals surface area contributed by atoms with Crippen molar-refractivity contribution in [2.75, 3.05) is 0 Å². The van der Waals surface area contributed by atoms with Crippen LogP contribution in [0.3, 0.4) is 0 Å².